The summed E-state index contributed by atoms with van der Waals surface area (Å²) in [6, 6.07) is 0. The van der Waals surface area contributed by atoms with Crippen LogP contribution in [0.1, 0.15) is 53.1 Å². The molecule has 2 heterocycles. The highest BCUT2D eigenvalue weighted by molar-refractivity contribution is 6.10. The van der Waals surface area contributed by atoms with Crippen molar-refractivity contribution < 1.29 is 4.74 Å². The van der Waals surface area contributed by atoms with E-state index in [0.29, 0.717) is 23.6 Å². The van der Waals surface area contributed by atoms with E-state index in [2.05, 4.69) is 52.4 Å². The molecule has 0 saturated carbocycles. The van der Waals surface area contributed by atoms with Crippen molar-refractivity contribution in [2.75, 3.05) is 19.4 Å². The predicted octanol–water partition coefficient (Wildman–Crippen LogP) is 3.80. The molecular weight excluding hydrogens is 354 g/mol. The Morgan fingerprint density at radius 3 is 2.54 bits per heavy atom. The molecule has 0 radical (unpaired) electrons. The van der Waals surface area contributed by atoms with Gasteiger partial charge in [0.15, 0.2) is 5.82 Å². The fraction of sp³-hybridized carbons (Fsp3) is 0.450. The first-order chi connectivity index (χ1) is 13.3. The normalized spacial score (nSPS) is 11.9. The fourth-order valence-electron chi connectivity index (χ4n) is 2.25. The lowest BCUT2D eigenvalue weighted by atomic mass is 9.96. The molecule has 0 unspecified atom stereocenters. The van der Waals surface area contributed by atoms with Crippen molar-refractivity contribution in [3.8, 4) is 17.3 Å². The van der Waals surface area contributed by atoms with Crippen LogP contribution in [0.25, 0.3) is 11.4 Å². The average Bonchev–Trinajstić information content (AvgIpc) is 3.13. The van der Waals surface area contributed by atoms with Crippen LogP contribution in [0.2, 0.25) is 0 Å². The van der Waals surface area contributed by atoms with Crippen LogP contribution in [0, 0.1) is 0 Å². The molecule has 0 aliphatic carbocycles. The van der Waals surface area contributed by atoms with E-state index in [-0.39, 0.29) is 17.1 Å². The molecule has 3 N–H and O–H groups in total. The molecule has 0 amide bonds. The van der Waals surface area contributed by atoms with Gasteiger partial charge in [-0.15, -0.1) is 0 Å². The molecule has 2 rings (SSSR count). The second kappa shape index (κ2) is 10.3. The van der Waals surface area contributed by atoms with E-state index in [1.54, 1.807) is 18.5 Å². The highest BCUT2D eigenvalue weighted by atomic mass is 16.5. The highest BCUT2D eigenvalue weighted by Crippen LogP contribution is 2.28. The number of nitrogens with one attached hydrogen (secondary N) is 1. The van der Waals surface area contributed by atoms with Gasteiger partial charge in [-0.25, -0.2) is 15.0 Å². The number of anilines is 1. The van der Waals surface area contributed by atoms with Gasteiger partial charge in [0.2, 0.25) is 0 Å². The molecule has 2 aromatic heterocycles. The van der Waals surface area contributed by atoms with E-state index in [0.717, 1.165) is 11.5 Å². The van der Waals surface area contributed by atoms with Crippen molar-refractivity contribution >= 4 is 18.2 Å². The van der Waals surface area contributed by atoms with Crippen LogP contribution in [0.3, 0.4) is 0 Å². The molecule has 8 heteroatoms. The summed E-state index contributed by atoms with van der Waals surface area (Å²) in [5.74, 6) is 1.29. The molecule has 0 saturated heterocycles. The number of methoxy groups -OCH3 is 1. The Labute approximate surface area is 167 Å². The number of nitrogens with two attached hydrogens (primary N) is 1. The van der Waals surface area contributed by atoms with Crippen molar-refractivity contribution in [1.82, 2.24) is 19.9 Å². The minimum atomic E-state index is -0.184. The second-order valence-electron chi connectivity index (χ2n) is 6.57. The van der Waals surface area contributed by atoms with Gasteiger partial charge in [-0.1, -0.05) is 34.6 Å². The first kappa shape index (κ1) is 23.0. The van der Waals surface area contributed by atoms with Crippen LogP contribution in [-0.2, 0) is 5.41 Å². The third-order valence-electron chi connectivity index (χ3n) is 3.54. The Morgan fingerprint density at radius 1 is 1.32 bits per heavy atom. The molecule has 8 nitrogen and oxygen atoms in total. The molecule has 0 spiro atoms. The first-order valence-corrected chi connectivity index (χ1v) is 9.26. The lowest BCUT2D eigenvalue weighted by molar-refractivity contribution is 0.399. The van der Waals surface area contributed by atoms with Gasteiger partial charge in [-0.05, 0) is 19.7 Å². The number of aromatic nitrogens is 4. The van der Waals surface area contributed by atoms with Gasteiger partial charge in [-0.3, -0.25) is 9.98 Å². The van der Waals surface area contributed by atoms with Gasteiger partial charge in [0.05, 0.1) is 24.7 Å². The van der Waals surface area contributed by atoms with Gasteiger partial charge in [-0.2, -0.15) is 0 Å². The number of nitrogen functional groups attached to an aromatic ring is 1. The maximum Gasteiger partial charge on any atom is 0.257 e. The molecule has 0 aliphatic rings. The maximum atomic E-state index is 5.78. The van der Waals surface area contributed by atoms with Crippen molar-refractivity contribution in [3.63, 3.8) is 0 Å². The summed E-state index contributed by atoms with van der Waals surface area (Å²) in [4.78, 5) is 25.0. The van der Waals surface area contributed by atoms with E-state index in [4.69, 9.17) is 15.5 Å². The number of ether oxygens (including phenoxy) is 1. The number of aromatic amines is 1. The molecule has 0 fully saturated rings. The lowest BCUT2D eigenvalue weighted by Gasteiger charge is -2.14. The van der Waals surface area contributed by atoms with Crippen LogP contribution in [0.4, 0.5) is 5.82 Å². The Kier molecular flexibility index (Phi) is 8.50. The molecule has 0 atom stereocenters. The van der Waals surface area contributed by atoms with E-state index < -0.39 is 0 Å². The van der Waals surface area contributed by atoms with E-state index >= 15 is 0 Å². The molecule has 0 aliphatic heterocycles. The van der Waals surface area contributed by atoms with Gasteiger partial charge < -0.3 is 15.5 Å². The summed E-state index contributed by atoms with van der Waals surface area (Å²) < 4.78 is 5.19. The zero-order chi connectivity index (χ0) is 21.3. The van der Waals surface area contributed by atoms with Gasteiger partial charge in [0.1, 0.15) is 17.2 Å². The van der Waals surface area contributed by atoms with Crippen LogP contribution < -0.4 is 10.5 Å². The van der Waals surface area contributed by atoms with Gasteiger partial charge >= 0.3 is 0 Å². The van der Waals surface area contributed by atoms with Crippen LogP contribution in [0.15, 0.2) is 28.5 Å². The topological polar surface area (TPSA) is 114 Å². The SMILES string of the molecule is C=N/C=C\C(=NCC)c1[nH]c(C(C)(C)C)nc1-c1cnc(N)c(OC)n1.CC. The van der Waals surface area contributed by atoms with Crippen LogP contribution in [-0.4, -0.2) is 46.0 Å². The van der Waals surface area contributed by atoms with Gasteiger partial charge in [0.25, 0.3) is 5.88 Å². The minimum absolute atomic E-state index is 0.184. The van der Waals surface area contributed by atoms with Crippen molar-refractivity contribution in [2.45, 2.75) is 47.0 Å². The van der Waals surface area contributed by atoms with E-state index in [9.17, 15) is 0 Å². The van der Waals surface area contributed by atoms with Gasteiger partial charge in [0, 0.05) is 18.2 Å². The minimum Gasteiger partial charge on any atom is -0.478 e. The quantitative estimate of drug-likeness (QED) is 0.734. The van der Waals surface area contributed by atoms with Crippen molar-refractivity contribution in [2.24, 2.45) is 9.98 Å². The average molecular weight is 386 g/mol. The molecule has 0 aromatic carbocycles. The van der Waals surface area contributed by atoms with E-state index in [1.807, 2.05) is 20.8 Å². The zero-order valence-electron chi connectivity index (χ0n) is 17.9. The summed E-state index contributed by atoms with van der Waals surface area (Å²) >= 11 is 0. The molecular formula is C20H31N7O. The fourth-order valence-corrected chi connectivity index (χ4v) is 2.25. The maximum absolute atomic E-state index is 5.78. The second-order valence-corrected chi connectivity index (χ2v) is 6.57. The number of imidazole rings is 1. The standard InChI is InChI=1S/C18H25N7O.C2H6/c1-7-21-11(8-9-20-5)13-14(25-17(24-13)18(2,3)4)12-10-22-15(19)16(23-12)26-6;1-2/h8-10H,5,7H2,1-4,6H3,(H2,19,22)(H,24,25);1-2H3/b9-8-,21-11?;. The van der Waals surface area contributed by atoms with Crippen LogP contribution >= 0.6 is 0 Å². The number of hydrogen-bond donors (Lipinski definition) is 2. The summed E-state index contributed by atoms with van der Waals surface area (Å²) in [6.45, 7) is 16.3. The smallest absolute Gasteiger partial charge is 0.257 e. The summed E-state index contributed by atoms with van der Waals surface area (Å²) in [5.41, 5.74) is 8.21. The first-order valence-electron chi connectivity index (χ1n) is 9.26. The Hall–Kier alpha value is -3.03. The molecule has 28 heavy (non-hydrogen) atoms. The highest BCUT2D eigenvalue weighted by Gasteiger charge is 2.24. The van der Waals surface area contributed by atoms with Crippen molar-refractivity contribution in [3.05, 3.63) is 30.0 Å². The largest absolute Gasteiger partial charge is 0.478 e. The molecule has 0 bridgehead atoms. The number of rotatable bonds is 6. The zero-order valence-corrected chi connectivity index (χ0v) is 17.9. The van der Waals surface area contributed by atoms with Crippen molar-refractivity contribution in [1.29, 1.82) is 0 Å². The molecule has 2 aromatic rings. The monoisotopic (exact) mass is 385 g/mol. The Morgan fingerprint density at radius 2 is 2.00 bits per heavy atom. The number of hydrogen-bond acceptors (Lipinski definition) is 7. The number of allylic oxidation sites excluding steroid dienone is 1. The predicted molar refractivity (Wildman–Crippen MR) is 116 cm³/mol. The third-order valence-corrected chi connectivity index (χ3v) is 3.54. The summed E-state index contributed by atoms with van der Waals surface area (Å²) in [7, 11) is 1.50. The third kappa shape index (κ3) is 5.48. The lowest BCUT2D eigenvalue weighted by Crippen LogP contribution is -2.13. The number of H-pyrrole nitrogens is 1. The Bertz CT molecular complexity index is 845. The summed E-state index contributed by atoms with van der Waals surface area (Å²) in [5, 5.41) is 0. The molecule has 152 valence electrons. The number of nitrogens with zero attached hydrogens (tertiary/aromatic N) is 5. The summed E-state index contributed by atoms with van der Waals surface area (Å²) in [6.07, 6.45) is 4.94. The Balaban J connectivity index is 0.00000190. The van der Waals surface area contributed by atoms with Crippen LogP contribution in [0.5, 0.6) is 5.88 Å². The van der Waals surface area contributed by atoms with E-state index in [1.165, 1.54) is 7.11 Å². The number of aliphatic imine (C=N–C) groups is 2.